The van der Waals surface area contributed by atoms with Gasteiger partial charge in [-0.15, -0.1) is 5.10 Å². The fourth-order valence-electron chi connectivity index (χ4n) is 1.88. The number of hydrogen-bond donors (Lipinski definition) is 3. The first-order valence-electron chi connectivity index (χ1n) is 6.22. The number of benzene rings is 1. The maximum atomic E-state index is 11.4. The average molecular weight is 270 g/mol. The van der Waals surface area contributed by atoms with Crippen molar-refractivity contribution in [2.75, 3.05) is 5.32 Å². The SMILES string of the molecule is NCc1ccc(CNc2ccc3n[nH]c(=O)n3n2)cc1. The van der Waals surface area contributed by atoms with Crippen LogP contribution in [0, 0.1) is 0 Å². The van der Waals surface area contributed by atoms with E-state index < -0.39 is 0 Å². The Bertz CT molecular complexity index is 773. The van der Waals surface area contributed by atoms with Gasteiger partial charge in [-0.05, 0) is 23.3 Å². The zero-order valence-corrected chi connectivity index (χ0v) is 10.7. The summed E-state index contributed by atoms with van der Waals surface area (Å²) in [5.41, 5.74) is 7.91. The van der Waals surface area contributed by atoms with Crippen LogP contribution in [0.4, 0.5) is 5.82 Å². The summed E-state index contributed by atoms with van der Waals surface area (Å²) >= 11 is 0. The first kappa shape index (κ1) is 12.4. The fraction of sp³-hybridized carbons (Fsp3) is 0.154. The number of nitrogens with zero attached hydrogens (tertiary/aromatic N) is 3. The van der Waals surface area contributed by atoms with Crippen LogP contribution in [0.25, 0.3) is 5.65 Å². The van der Waals surface area contributed by atoms with Crippen molar-refractivity contribution in [2.24, 2.45) is 5.73 Å². The number of hydrogen-bond acceptors (Lipinski definition) is 5. The Labute approximate surface area is 114 Å². The van der Waals surface area contributed by atoms with E-state index in [4.69, 9.17) is 5.73 Å². The molecule has 0 bridgehead atoms. The number of anilines is 1. The maximum absolute atomic E-state index is 11.4. The second-order valence-electron chi connectivity index (χ2n) is 4.39. The van der Waals surface area contributed by atoms with Gasteiger partial charge in [0.05, 0.1) is 0 Å². The largest absolute Gasteiger partial charge is 0.365 e. The quantitative estimate of drug-likeness (QED) is 0.640. The van der Waals surface area contributed by atoms with Gasteiger partial charge >= 0.3 is 5.69 Å². The molecule has 0 fully saturated rings. The van der Waals surface area contributed by atoms with E-state index in [1.807, 2.05) is 24.3 Å². The predicted octanol–water partition coefficient (Wildman–Crippen LogP) is 0.488. The van der Waals surface area contributed by atoms with Crippen LogP contribution < -0.4 is 16.7 Å². The van der Waals surface area contributed by atoms with Crippen molar-refractivity contribution in [3.8, 4) is 0 Å². The summed E-state index contributed by atoms with van der Waals surface area (Å²) in [6.07, 6.45) is 0. The minimum absolute atomic E-state index is 0.351. The third kappa shape index (κ3) is 2.39. The summed E-state index contributed by atoms with van der Waals surface area (Å²) in [7, 11) is 0. The van der Waals surface area contributed by atoms with E-state index >= 15 is 0 Å². The highest BCUT2D eigenvalue weighted by molar-refractivity contribution is 5.43. The average Bonchev–Trinajstić information content (AvgIpc) is 2.87. The third-order valence-corrected chi connectivity index (χ3v) is 3.01. The van der Waals surface area contributed by atoms with Crippen LogP contribution in [-0.4, -0.2) is 19.8 Å². The molecule has 0 aliphatic rings. The summed E-state index contributed by atoms with van der Waals surface area (Å²) < 4.78 is 1.22. The van der Waals surface area contributed by atoms with Gasteiger partial charge in [0, 0.05) is 13.1 Å². The van der Waals surface area contributed by atoms with Gasteiger partial charge in [0.15, 0.2) is 5.65 Å². The molecule has 7 nitrogen and oxygen atoms in total. The van der Waals surface area contributed by atoms with Gasteiger partial charge < -0.3 is 11.1 Å². The van der Waals surface area contributed by atoms with Crippen LogP contribution in [-0.2, 0) is 13.1 Å². The number of aromatic amines is 1. The van der Waals surface area contributed by atoms with Gasteiger partial charge in [0.2, 0.25) is 0 Å². The number of H-pyrrole nitrogens is 1. The normalized spacial score (nSPS) is 10.8. The van der Waals surface area contributed by atoms with Crippen molar-refractivity contribution < 1.29 is 0 Å². The minimum atomic E-state index is -0.351. The van der Waals surface area contributed by atoms with Crippen LogP contribution in [0.1, 0.15) is 11.1 Å². The smallest absolute Gasteiger partial charge is 0.364 e. The molecule has 2 aromatic heterocycles. The van der Waals surface area contributed by atoms with E-state index in [0.717, 1.165) is 11.1 Å². The molecule has 0 atom stereocenters. The molecule has 0 aliphatic carbocycles. The van der Waals surface area contributed by atoms with Crippen molar-refractivity contribution in [3.63, 3.8) is 0 Å². The lowest BCUT2D eigenvalue weighted by Gasteiger charge is -2.06. The number of nitrogens with one attached hydrogen (secondary N) is 2. The van der Waals surface area contributed by atoms with Crippen molar-refractivity contribution in [1.82, 2.24) is 19.8 Å². The molecule has 1 aromatic carbocycles. The zero-order chi connectivity index (χ0) is 13.9. The molecule has 0 spiro atoms. The van der Waals surface area contributed by atoms with Gasteiger partial charge in [-0.3, -0.25) is 0 Å². The molecule has 0 radical (unpaired) electrons. The summed E-state index contributed by atoms with van der Waals surface area (Å²) in [6.45, 7) is 1.16. The fourth-order valence-corrected chi connectivity index (χ4v) is 1.88. The van der Waals surface area contributed by atoms with E-state index in [1.165, 1.54) is 4.52 Å². The molecule has 20 heavy (non-hydrogen) atoms. The van der Waals surface area contributed by atoms with Crippen LogP contribution in [0.2, 0.25) is 0 Å². The van der Waals surface area contributed by atoms with Crippen LogP contribution in [0.5, 0.6) is 0 Å². The molecule has 0 saturated heterocycles. The number of fused-ring (bicyclic) bond motifs is 1. The van der Waals surface area contributed by atoms with Gasteiger partial charge in [-0.1, -0.05) is 24.3 Å². The second kappa shape index (κ2) is 5.14. The van der Waals surface area contributed by atoms with Crippen molar-refractivity contribution >= 4 is 11.5 Å². The zero-order valence-electron chi connectivity index (χ0n) is 10.7. The molecule has 0 amide bonds. The monoisotopic (exact) mass is 270 g/mol. The van der Waals surface area contributed by atoms with Gasteiger partial charge in [-0.25, -0.2) is 9.89 Å². The van der Waals surface area contributed by atoms with Crippen LogP contribution in [0.15, 0.2) is 41.2 Å². The molecule has 3 aromatic rings. The number of rotatable bonds is 4. The van der Waals surface area contributed by atoms with E-state index in [2.05, 4.69) is 20.6 Å². The summed E-state index contributed by atoms with van der Waals surface area (Å²) in [5, 5.41) is 13.5. The predicted molar refractivity (Wildman–Crippen MR) is 75.3 cm³/mol. The Morgan fingerprint density at radius 3 is 2.65 bits per heavy atom. The van der Waals surface area contributed by atoms with Crippen molar-refractivity contribution in [2.45, 2.75) is 13.1 Å². The number of nitrogens with two attached hydrogens (primary N) is 1. The van der Waals surface area contributed by atoms with E-state index in [0.29, 0.717) is 24.6 Å². The molecule has 0 unspecified atom stereocenters. The van der Waals surface area contributed by atoms with Gasteiger partial charge in [-0.2, -0.15) is 9.61 Å². The molecule has 7 heteroatoms. The van der Waals surface area contributed by atoms with Crippen molar-refractivity contribution in [1.29, 1.82) is 0 Å². The lowest BCUT2D eigenvalue weighted by molar-refractivity contribution is 0.875. The summed E-state index contributed by atoms with van der Waals surface area (Å²) in [6, 6.07) is 11.5. The van der Waals surface area contributed by atoms with E-state index in [1.54, 1.807) is 12.1 Å². The molecule has 2 heterocycles. The Morgan fingerprint density at radius 2 is 1.90 bits per heavy atom. The van der Waals surface area contributed by atoms with E-state index in [-0.39, 0.29) is 5.69 Å². The lowest BCUT2D eigenvalue weighted by atomic mass is 10.1. The Morgan fingerprint density at radius 1 is 1.15 bits per heavy atom. The van der Waals surface area contributed by atoms with Crippen molar-refractivity contribution in [3.05, 3.63) is 58.0 Å². The number of aromatic nitrogens is 4. The maximum Gasteiger partial charge on any atom is 0.364 e. The minimum Gasteiger partial charge on any atom is -0.365 e. The molecule has 102 valence electrons. The molecule has 0 aliphatic heterocycles. The highest BCUT2D eigenvalue weighted by Crippen LogP contribution is 2.08. The third-order valence-electron chi connectivity index (χ3n) is 3.01. The highest BCUT2D eigenvalue weighted by atomic mass is 16.2. The Kier molecular flexibility index (Phi) is 3.18. The molecule has 0 saturated carbocycles. The molecule has 3 rings (SSSR count). The van der Waals surface area contributed by atoms with Crippen LogP contribution in [0.3, 0.4) is 0 Å². The first-order chi connectivity index (χ1) is 9.76. The lowest BCUT2D eigenvalue weighted by Crippen LogP contribution is -2.14. The standard InChI is InChI=1S/C13H14N6O/c14-7-9-1-3-10(4-2-9)8-15-11-5-6-12-16-17-13(20)19(12)18-11/h1-6H,7-8,14H2,(H,15,18)(H,17,20). The first-order valence-corrected chi connectivity index (χ1v) is 6.22. The molecular weight excluding hydrogens is 256 g/mol. The highest BCUT2D eigenvalue weighted by Gasteiger charge is 2.02. The topological polar surface area (TPSA) is 101 Å². The molecular formula is C13H14N6O. The van der Waals surface area contributed by atoms with Gasteiger partial charge in [0.25, 0.3) is 0 Å². The van der Waals surface area contributed by atoms with Gasteiger partial charge in [0.1, 0.15) is 5.82 Å². The Balaban J connectivity index is 1.75. The summed E-state index contributed by atoms with van der Waals surface area (Å²) in [5.74, 6) is 0.615. The van der Waals surface area contributed by atoms with Crippen LogP contribution >= 0.6 is 0 Å². The second-order valence-corrected chi connectivity index (χ2v) is 4.39. The summed E-state index contributed by atoms with van der Waals surface area (Å²) in [4.78, 5) is 11.4. The molecule has 4 N–H and O–H groups in total. The Hall–Kier alpha value is -2.67. The van der Waals surface area contributed by atoms with E-state index in [9.17, 15) is 4.79 Å².